The van der Waals surface area contributed by atoms with Gasteiger partial charge in [-0.25, -0.2) is 0 Å². The van der Waals surface area contributed by atoms with Gasteiger partial charge in [0.25, 0.3) is 0 Å². The van der Waals surface area contributed by atoms with Crippen LogP contribution in [-0.4, -0.2) is 34.1 Å². The average Bonchev–Trinajstić information content (AvgIpc) is 2.83. The summed E-state index contributed by atoms with van der Waals surface area (Å²) in [5.41, 5.74) is 4.53. The van der Waals surface area contributed by atoms with E-state index in [2.05, 4.69) is 40.6 Å². The van der Waals surface area contributed by atoms with Gasteiger partial charge in [-0.15, -0.1) is 0 Å². The first-order valence-corrected chi connectivity index (χ1v) is 8.01. The number of fused-ring (bicyclic) bond motifs is 3. The zero-order valence-electron chi connectivity index (χ0n) is 12.7. The summed E-state index contributed by atoms with van der Waals surface area (Å²) in [6.45, 7) is 9.02. The van der Waals surface area contributed by atoms with Crippen molar-refractivity contribution in [2.24, 2.45) is 0 Å². The lowest BCUT2D eigenvalue weighted by Crippen LogP contribution is -2.27. The van der Waals surface area contributed by atoms with Gasteiger partial charge in [0.1, 0.15) is 0 Å². The summed E-state index contributed by atoms with van der Waals surface area (Å²) >= 11 is 0. The third kappa shape index (κ3) is 2.35. The van der Waals surface area contributed by atoms with Gasteiger partial charge in [-0.05, 0) is 50.4 Å². The molecule has 3 rings (SSSR count). The Labute approximate surface area is 121 Å². The third-order valence-corrected chi connectivity index (χ3v) is 4.71. The van der Waals surface area contributed by atoms with Gasteiger partial charge < -0.3 is 9.47 Å². The fourth-order valence-electron chi connectivity index (χ4n) is 3.51. The van der Waals surface area contributed by atoms with Crippen molar-refractivity contribution >= 4 is 10.9 Å². The van der Waals surface area contributed by atoms with Crippen molar-refractivity contribution in [1.29, 1.82) is 0 Å². The molecule has 1 aliphatic carbocycles. The Balaban J connectivity index is 1.96. The number of likely N-dealkylation sites (N-methyl/N-ethyl adjacent to an activating group) is 1. The predicted molar refractivity (Wildman–Crippen MR) is 84.2 cm³/mol. The fourth-order valence-corrected chi connectivity index (χ4v) is 3.51. The molecule has 0 saturated carbocycles. The van der Waals surface area contributed by atoms with Crippen LogP contribution in [0.4, 0.5) is 0 Å². The minimum atomic E-state index is 1.11. The molecule has 0 aliphatic heterocycles. The maximum Gasteiger partial charge on any atom is 0.0516 e. The molecule has 0 bridgehead atoms. The number of aromatic nitrogens is 2. The van der Waals surface area contributed by atoms with Crippen molar-refractivity contribution in [3.05, 3.63) is 29.7 Å². The van der Waals surface area contributed by atoms with E-state index in [-0.39, 0.29) is 0 Å². The lowest BCUT2D eigenvalue weighted by Gasteiger charge is -2.21. The van der Waals surface area contributed by atoms with Gasteiger partial charge in [0.2, 0.25) is 0 Å². The number of rotatable bonds is 5. The van der Waals surface area contributed by atoms with E-state index in [0.29, 0.717) is 0 Å². The van der Waals surface area contributed by atoms with Crippen molar-refractivity contribution in [1.82, 2.24) is 14.5 Å². The normalized spacial score (nSPS) is 14.9. The zero-order chi connectivity index (χ0) is 13.9. The third-order valence-electron chi connectivity index (χ3n) is 4.71. The number of aryl methyl sites for hydroxylation is 1. The Bertz CT molecular complexity index is 581. The van der Waals surface area contributed by atoms with Gasteiger partial charge in [-0.1, -0.05) is 13.8 Å². The van der Waals surface area contributed by atoms with Gasteiger partial charge in [0, 0.05) is 36.6 Å². The van der Waals surface area contributed by atoms with Crippen LogP contribution in [0.2, 0.25) is 0 Å². The molecule has 0 saturated heterocycles. The predicted octanol–water partition coefficient (Wildman–Crippen LogP) is 3.26. The first kappa shape index (κ1) is 13.6. The molecule has 0 spiro atoms. The number of hydrogen-bond acceptors (Lipinski definition) is 2. The van der Waals surface area contributed by atoms with Gasteiger partial charge in [0.15, 0.2) is 0 Å². The van der Waals surface area contributed by atoms with Crippen LogP contribution < -0.4 is 0 Å². The molecule has 2 heterocycles. The molecule has 0 aromatic carbocycles. The van der Waals surface area contributed by atoms with E-state index >= 15 is 0 Å². The Morgan fingerprint density at radius 3 is 2.80 bits per heavy atom. The lowest BCUT2D eigenvalue weighted by atomic mass is 9.96. The van der Waals surface area contributed by atoms with E-state index in [0.717, 1.165) is 26.2 Å². The minimum absolute atomic E-state index is 1.11. The highest BCUT2D eigenvalue weighted by Crippen LogP contribution is 2.31. The molecule has 0 amide bonds. The SMILES string of the molecule is CCN(CC)CCn1c2c(c3cnccc31)CCCC2. The summed E-state index contributed by atoms with van der Waals surface area (Å²) in [6, 6.07) is 2.19. The van der Waals surface area contributed by atoms with Crippen LogP contribution in [0.1, 0.15) is 37.9 Å². The van der Waals surface area contributed by atoms with Gasteiger partial charge in [0.05, 0.1) is 5.52 Å². The molecule has 2 aromatic rings. The van der Waals surface area contributed by atoms with Crippen LogP contribution in [0.5, 0.6) is 0 Å². The molecule has 20 heavy (non-hydrogen) atoms. The maximum absolute atomic E-state index is 4.34. The van der Waals surface area contributed by atoms with E-state index in [1.54, 1.807) is 11.3 Å². The second-order valence-corrected chi connectivity index (χ2v) is 5.70. The summed E-state index contributed by atoms with van der Waals surface area (Å²) in [6.07, 6.45) is 9.13. The first-order valence-electron chi connectivity index (χ1n) is 8.01. The molecule has 2 aromatic heterocycles. The molecule has 3 heteroatoms. The fraction of sp³-hybridized carbons (Fsp3) is 0.588. The lowest BCUT2D eigenvalue weighted by molar-refractivity contribution is 0.290. The molecule has 3 nitrogen and oxygen atoms in total. The molecule has 1 aliphatic rings. The summed E-state index contributed by atoms with van der Waals surface area (Å²) in [7, 11) is 0. The molecule has 0 fully saturated rings. The van der Waals surface area contributed by atoms with Crippen LogP contribution in [0.3, 0.4) is 0 Å². The highest BCUT2D eigenvalue weighted by Gasteiger charge is 2.19. The van der Waals surface area contributed by atoms with E-state index < -0.39 is 0 Å². The Morgan fingerprint density at radius 2 is 2.00 bits per heavy atom. The molecule has 0 N–H and O–H groups in total. The molecular weight excluding hydrogens is 246 g/mol. The second-order valence-electron chi connectivity index (χ2n) is 5.70. The molecule has 0 unspecified atom stereocenters. The Hall–Kier alpha value is -1.35. The average molecular weight is 271 g/mol. The zero-order valence-corrected chi connectivity index (χ0v) is 12.7. The molecule has 0 atom stereocenters. The molecular formula is C17H25N3. The van der Waals surface area contributed by atoms with Gasteiger partial charge in [-0.2, -0.15) is 0 Å². The van der Waals surface area contributed by atoms with Gasteiger partial charge >= 0.3 is 0 Å². The van der Waals surface area contributed by atoms with Crippen LogP contribution in [-0.2, 0) is 19.4 Å². The number of nitrogens with zero attached hydrogens (tertiary/aromatic N) is 3. The topological polar surface area (TPSA) is 21.1 Å². The summed E-state index contributed by atoms with van der Waals surface area (Å²) < 4.78 is 2.56. The first-order chi connectivity index (χ1) is 9.85. The van der Waals surface area contributed by atoms with E-state index in [1.807, 2.05) is 6.20 Å². The van der Waals surface area contributed by atoms with Crippen molar-refractivity contribution in [2.75, 3.05) is 19.6 Å². The van der Waals surface area contributed by atoms with E-state index in [9.17, 15) is 0 Å². The highest BCUT2D eigenvalue weighted by atomic mass is 15.1. The smallest absolute Gasteiger partial charge is 0.0516 e. The molecule has 0 radical (unpaired) electrons. The Kier molecular flexibility index (Phi) is 4.06. The Morgan fingerprint density at radius 1 is 1.20 bits per heavy atom. The van der Waals surface area contributed by atoms with Crippen LogP contribution in [0.15, 0.2) is 18.5 Å². The summed E-state index contributed by atoms with van der Waals surface area (Å²) in [5.74, 6) is 0. The van der Waals surface area contributed by atoms with Crippen molar-refractivity contribution < 1.29 is 0 Å². The number of pyridine rings is 1. The van der Waals surface area contributed by atoms with E-state index in [1.165, 1.54) is 36.6 Å². The van der Waals surface area contributed by atoms with E-state index in [4.69, 9.17) is 0 Å². The highest BCUT2D eigenvalue weighted by molar-refractivity contribution is 5.84. The van der Waals surface area contributed by atoms with Crippen LogP contribution in [0, 0.1) is 0 Å². The standard InChI is InChI=1S/C17H25N3/c1-3-19(4-2)11-12-20-16-8-6-5-7-14(16)15-13-18-10-9-17(15)20/h9-10,13H,3-8,11-12H2,1-2H3. The monoisotopic (exact) mass is 271 g/mol. The van der Waals surface area contributed by atoms with Crippen molar-refractivity contribution in [3.63, 3.8) is 0 Å². The van der Waals surface area contributed by atoms with Crippen molar-refractivity contribution in [2.45, 2.75) is 46.1 Å². The summed E-state index contributed by atoms with van der Waals surface area (Å²) in [4.78, 5) is 6.84. The summed E-state index contributed by atoms with van der Waals surface area (Å²) in [5, 5.41) is 1.39. The quantitative estimate of drug-likeness (QED) is 0.832. The molecule has 108 valence electrons. The number of hydrogen-bond donors (Lipinski definition) is 0. The maximum atomic E-state index is 4.34. The minimum Gasteiger partial charge on any atom is -0.343 e. The van der Waals surface area contributed by atoms with Crippen molar-refractivity contribution in [3.8, 4) is 0 Å². The van der Waals surface area contributed by atoms with Gasteiger partial charge in [-0.3, -0.25) is 4.98 Å². The largest absolute Gasteiger partial charge is 0.343 e. The van der Waals surface area contributed by atoms with Crippen LogP contribution in [0.25, 0.3) is 10.9 Å². The van der Waals surface area contributed by atoms with Crippen LogP contribution >= 0.6 is 0 Å². The second kappa shape index (κ2) is 5.96.